The Labute approximate surface area is 121 Å². The average Bonchev–Trinajstić information content (AvgIpc) is 2.48. The molecule has 114 valence electrons. The number of carboxylic acids is 1. The molecule has 0 bridgehead atoms. The summed E-state index contributed by atoms with van der Waals surface area (Å²) < 4.78 is 13.3. The van der Waals surface area contributed by atoms with Crippen LogP contribution in [0.4, 0.5) is 15.8 Å². The molecule has 0 aliphatic carbocycles. The van der Waals surface area contributed by atoms with Crippen LogP contribution in [0.15, 0.2) is 12.1 Å². The minimum Gasteiger partial charge on any atom is -0.478 e. The first-order chi connectivity index (χ1) is 10.0. The van der Waals surface area contributed by atoms with Crippen molar-refractivity contribution in [3.63, 3.8) is 0 Å². The summed E-state index contributed by atoms with van der Waals surface area (Å²) in [6, 6.07) is 2.36. The molecule has 1 aliphatic heterocycles. The molecule has 7 heteroatoms. The number of amides is 1. The van der Waals surface area contributed by atoms with Crippen molar-refractivity contribution in [3.05, 3.63) is 23.5 Å². The standard InChI is InChI=1S/C14H18FN3O3/c15-9-4-5-10(12(13(9)16)14(20)21)17-8-11(19)18-6-2-1-3-7-18/h4-5,17H,1-3,6-8,16H2,(H,20,21). The Balaban J connectivity index is 2.07. The average molecular weight is 295 g/mol. The first-order valence-electron chi connectivity index (χ1n) is 6.83. The van der Waals surface area contributed by atoms with E-state index in [1.165, 1.54) is 6.07 Å². The molecule has 1 aromatic carbocycles. The SMILES string of the molecule is Nc1c(F)ccc(NCC(=O)N2CCCCC2)c1C(=O)O. The molecule has 4 N–H and O–H groups in total. The van der Waals surface area contributed by atoms with E-state index in [1.54, 1.807) is 4.90 Å². The molecule has 6 nitrogen and oxygen atoms in total. The summed E-state index contributed by atoms with van der Waals surface area (Å²) in [5, 5.41) is 11.8. The van der Waals surface area contributed by atoms with Gasteiger partial charge in [0.25, 0.3) is 0 Å². The number of nitrogen functional groups attached to an aromatic ring is 1. The van der Waals surface area contributed by atoms with Crippen LogP contribution in [0.1, 0.15) is 29.6 Å². The van der Waals surface area contributed by atoms with Crippen LogP contribution >= 0.6 is 0 Å². The van der Waals surface area contributed by atoms with E-state index in [0.29, 0.717) is 0 Å². The van der Waals surface area contributed by atoms with Gasteiger partial charge in [0.15, 0.2) is 0 Å². The van der Waals surface area contributed by atoms with Gasteiger partial charge in [0.05, 0.1) is 17.9 Å². The Kier molecular flexibility index (Phi) is 4.62. The summed E-state index contributed by atoms with van der Waals surface area (Å²) in [6.45, 7) is 1.40. The van der Waals surface area contributed by atoms with Crippen molar-refractivity contribution in [1.29, 1.82) is 0 Å². The second-order valence-corrected chi connectivity index (χ2v) is 4.98. The highest BCUT2D eigenvalue weighted by Gasteiger charge is 2.20. The number of nitrogens with zero attached hydrogens (tertiary/aromatic N) is 1. The summed E-state index contributed by atoms with van der Waals surface area (Å²) in [5.74, 6) is -2.23. The number of carbonyl (C=O) groups excluding carboxylic acids is 1. The van der Waals surface area contributed by atoms with Gasteiger partial charge in [-0.1, -0.05) is 0 Å². The lowest BCUT2D eigenvalue weighted by molar-refractivity contribution is -0.130. The van der Waals surface area contributed by atoms with Crippen LogP contribution in [0.5, 0.6) is 0 Å². The van der Waals surface area contributed by atoms with E-state index in [0.717, 1.165) is 38.4 Å². The molecule has 1 amide bonds. The number of hydrogen-bond acceptors (Lipinski definition) is 4. The number of carboxylic acid groups (broad SMARTS) is 1. The van der Waals surface area contributed by atoms with Crippen LogP contribution in [0.3, 0.4) is 0 Å². The molecule has 1 heterocycles. The van der Waals surface area contributed by atoms with Gasteiger partial charge in [-0.2, -0.15) is 0 Å². The zero-order valence-corrected chi connectivity index (χ0v) is 11.6. The second kappa shape index (κ2) is 6.43. The fourth-order valence-corrected chi connectivity index (χ4v) is 2.40. The van der Waals surface area contributed by atoms with Crippen molar-refractivity contribution in [2.45, 2.75) is 19.3 Å². The number of likely N-dealkylation sites (tertiary alicyclic amines) is 1. The number of piperidine rings is 1. The number of hydrogen-bond donors (Lipinski definition) is 3. The highest BCUT2D eigenvalue weighted by atomic mass is 19.1. The zero-order chi connectivity index (χ0) is 15.4. The quantitative estimate of drug-likeness (QED) is 0.732. The van der Waals surface area contributed by atoms with Crippen LogP contribution in [0.2, 0.25) is 0 Å². The monoisotopic (exact) mass is 295 g/mol. The minimum atomic E-state index is -1.33. The topological polar surface area (TPSA) is 95.7 Å². The van der Waals surface area contributed by atoms with Crippen molar-refractivity contribution in [1.82, 2.24) is 4.90 Å². The van der Waals surface area contributed by atoms with Crippen LogP contribution < -0.4 is 11.1 Å². The van der Waals surface area contributed by atoms with Gasteiger partial charge in [-0.15, -0.1) is 0 Å². The molecule has 0 radical (unpaired) electrons. The lowest BCUT2D eigenvalue weighted by Crippen LogP contribution is -2.39. The normalized spacial score (nSPS) is 14.8. The van der Waals surface area contributed by atoms with E-state index in [4.69, 9.17) is 10.8 Å². The van der Waals surface area contributed by atoms with Crippen molar-refractivity contribution >= 4 is 23.3 Å². The van der Waals surface area contributed by atoms with Gasteiger partial charge in [-0.05, 0) is 31.4 Å². The van der Waals surface area contributed by atoms with E-state index in [9.17, 15) is 14.0 Å². The molecule has 1 aliphatic rings. The highest BCUT2D eigenvalue weighted by Crippen LogP contribution is 2.25. The van der Waals surface area contributed by atoms with E-state index in [2.05, 4.69) is 5.32 Å². The van der Waals surface area contributed by atoms with Gasteiger partial charge in [-0.3, -0.25) is 4.79 Å². The predicted molar refractivity (Wildman–Crippen MR) is 76.7 cm³/mol. The number of nitrogens with two attached hydrogens (primary N) is 1. The lowest BCUT2D eigenvalue weighted by Gasteiger charge is -2.27. The number of rotatable bonds is 4. The molecular formula is C14H18FN3O3. The zero-order valence-electron chi connectivity index (χ0n) is 11.6. The van der Waals surface area contributed by atoms with E-state index in [-0.39, 0.29) is 23.7 Å². The third kappa shape index (κ3) is 3.42. The molecule has 0 spiro atoms. The molecular weight excluding hydrogens is 277 g/mol. The fourth-order valence-electron chi connectivity index (χ4n) is 2.40. The molecule has 0 atom stereocenters. The first kappa shape index (κ1) is 15.1. The van der Waals surface area contributed by atoms with E-state index in [1.807, 2.05) is 0 Å². The van der Waals surface area contributed by atoms with Gasteiger partial charge in [0.2, 0.25) is 5.91 Å². The Bertz CT molecular complexity index is 557. The van der Waals surface area contributed by atoms with Crippen molar-refractivity contribution in [2.24, 2.45) is 0 Å². The molecule has 0 saturated carbocycles. The first-order valence-corrected chi connectivity index (χ1v) is 6.83. The summed E-state index contributed by atoms with van der Waals surface area (Å²) in [7, 11) is 0. The van der Waals surface area contributed by atoms with Crippen LogP contribution in [-0.2, 0) is 4.79 Å². The third-order valence-corrected chi connectivity index (χ3v) is 3.55. The molecule has 0 aromatic heterocycles. The van der Waals surface area contributed by atoms with Crippen molar-refractivity contribution in [3.8, 4) is 0 Å². The van der Waals surface area contributed by atoms with Gasteiger partial charge in [-0.25, -0.2) is 9.18 Å². The Hall–Kier alpha value is -2.31. The lowest BCUT2D eigenvalue weighted by atomic mass is 10.1. The minimum absolute atomic E-state index is 0.0364. The van der Waals surface area contributed by atoms with Crippen LogP contribution in [0, 0.1) is 5.82 Å². The third-order valence-electron chi connectivity index (χ3n) is 3.55. The van der Waals surface area contributed by atoms with E-state index < -0.39 is 17.5 Å². The number of carbonyl (C=O) groups is 2. The van der Waals surface area contributed by atoms with Crippen molar-refractivity contribution < 1.29 is 19.1 Å². The number of nitrogens with one attached hydrogen (secondary N) is 1. The number of halogens is 1. The molecule has 21 heavy (non-hydrogen) atoms. The van der Waals surface area contributed by atoms with Gasteiger partial charge in [0, 0.05) is 13.1 Å². The molecule has 1 fully saturated rings. The Morgan fingerprint density at radius 1 is 1.29 bits per heavy atom. The summed E-state index contributed by atoms with van der Waals surface area (Å²) in [4.78, 5) is 24.9. The smallest absolute Gasteiger partial charge is 0.340 e. The van der Waals surface area contributed by atoms with Crippen LogP contribution in [-0.4, -0.2) is 41.5 Å². The Morgan fingerprint density at radius 2 is 1.95 bits per heavy atom. The van der Waals surface area contributed by atoms with Gasteiger partial charge >= 0.3 is 5.97 Å². The van der Waals surface area contributed by atoms with Gasteiger partial charge < -0.3 is 21.1 Å². The fraction of sp³-hybridized carbons (Fsp3) is 0.429. The largest absolute Gasteiger partial charge is 0.478 e. The summed E-state index contributed by atoms with van der Waals surface area (Å²) >= 11 is 0. The van der Waals surface area contributed by atoms with E-state index >= 15 is 0 Å². The maximum Gasteiger partial charge on any atom is 0.340 e. The number of benzene rings is 1. The molecule has 1 saturated heterocycles. The van der Waals surface area contributed by atoms with Crippen LogP contribution in [0.25, 0.3) is 0 Å². The molecule has 1 aromatic rings. The highest BCUT2D eigenvalue weighted by molar-refractivity contribution is 6.00. The summed E-state index contributed by atoms with van der Waals surface area (Å²) in [5.41, 5.74) is 4.81. The second-order valence-electron chi connectivity index (χ2n) is 4.98. The predicted octanol–water partition coefficient (Wildman–Crippen LogP) is 1.53. The molecule has 2 rings (SSSR count). The maximum absolute atomic E-state index is 13.3. The van der Waals surface area contributed by atoms with Crippen molar-refractivity contribution in [2.75, 3.05) is 30.7 Å². The van der Waals surface area contributed by atoms with Gasteiger partial charge in [0.1, 0.15) is 11.4 Å². The number of aromatic carboxylic acids is 1. The number of anilines is 2. The summed E-state index contributed by atoms with van der Waals surface area (Å²) in [6.07, 6.45) is 3.08. The molecule has 0 unspecified atom stereocenters. The Morgan fingerprint density at radius 3 is 2.57 bits per heavy atom. The maximum atomic E-state index is 13.3.